The van der Waals surface area contributed by atoms with Crippen molar-refractivity contribution in [2.75, 3.05) is 27.2 Å². The van der Waals surface area contributed by atoms with E-state index in [9.17, 15) is 0 Å². The maximum atomic E-state index is 9.00. The first kappa shape index (κ1) is 53.5. The van der Waals surface area contributed by atoms with Gasteiger partial charge in [-0.3, -0.25) is 10.2 Å². The number of nitrogens with two attached hydrogens (primary N) is 2. The van der Waals surface area contributed by atoms with Gasteiger partial charge in [0.2, 0.25) is 0 Å². The van der Waals surface area contributed by atoms with Crippen LogP contribution >= 0.6 is 0 Å². The zero-order valence-electron chi connectivity index (χ0n) is 33.7. The lowest BCUT2D eigenvalue weighted by Gasteiger charge is -2.30. The van der Waals surface area contributed by atoms with Crippen LogP contribution in [0.3, 0.4) is 0 Å². The zero-order valence-corrected chi connectivity index (χ0v) is 33.7. The molecule has 0 fully saturated rings. The van der Waals surface area contributed by atoms with Crippen LogP contribution in [0.4, 0.5) is 0 Å². The lowest BCUT2D eigenvalue weighted by molar-refractivity contribution is -0.890. The second kappa shape index (κ2) is 45.7. The summed E-state index contributed by atoms with van der Waals surface area (Å²) >= 11 is 0. The second-order valence-corrected chi connectivity index (χ2v) is 15.0. The first-order valence-electron chi connectivity index (χ1n) is 20.7. The van der Waals surface area contributed by atoms with Crippen LogP contribution < -0.4 is 17.6 Å². The fourth-order valence-corrected chi connectivity index (χ4v) is 6.29. The molecular formula is C41H92N5O2+. The predicted octanol–water partition coefficient (Wildman–Crippen LogP) is 12.7. The Hall–Kier alpha value is -1.34. The Kier molecular flexibility index (Phi) is 50.8. The third kappa shape index (κ3) is 63.3. The molecule has 0 saturated heterocycles. The van der Waals surface area contributed by atoms with E-state index in [1.807, 2.05) is 0 Å². The average molecular weight is 687 g/mol. The van der Waals surface area contributed by atoms with Gasteiger partial charge < -0.3 is 27.2 Å². The molecule has 0 saturated carbocycles. The summed E-state index contributed by atoms with van der Waals surface area (Å²) in [4.78, 5) is 9.00. The van der Waals surface area contributed by atoms with Gasteiger partial charge in [0, 0.05) is 6.92 Å². The number of carboxylic acid groups (broad SMARTS) is 1. The van der Waals surface area contributed by atoms with Gasteiger partial charge in [-0.2, -0.15) is 0 Å². The number of hydrogen-bond donors (Lipinski definition) is 5. The maximum Gasteiger partial charge on any atom is 0.300 e. The number of rotatable bonds is 34. The molecule has 0 heterocycles. The van der Waals surface area contributed by atoms with Crippen LogP contribution in [0.15, 0.2) is 0 Å². The van der Waals surface area contributed by atoms with E-state index in [1.54, 1.807) is 0 Å². The Morgan fingerprint density at radius 1 is 0.458 bits per heavy atom. The number of nitrogens with zero attached hydrogens (tertiary/aromatic N) is 1. The molecule has 0 radical (unpaired) electrons. The lowest BCUT2D eigenvalue weighted by atomic mass is 10.0. The van der Waals surface area contributed by atoms with Crippen molar-refractivity contribution in [1.82, 2.24) is 6.15 Å². The van der Waals surface area contributed by atoms with E-state index < -0.39 is 5.97 Å². The lowest BCUT2D eigenvalue weighted by Crippen LogP contribution is -2.41. The summed E-state index contributed by atoms with van der Waals surface area (Å²) in [5, 5.41) is 13.5. The van der Waals surface area contributed by atoms with Crippen LogP contribution in [0.5, 0.6) is 0 Å². The number of guanidine groups is 1. The minimum absolute atomic E-state index is 0. The zero-order chi connectivity index (χ0) is 35.7. The van der Waals surface area contributed by atoms with E-state index in [2.05, 4.69) is 39.4 Å². The van der Waals surface area contributed by atoms with E-state index >= 15 is 0 Å². The normalized spacial score (nSPS) is 10.8. The van der Waals surface area contributed by atoms with Gasteiger partial charge in [-0.05, 0) is 25.7 Å². The van der Waals surface area contributed by atoms with Gasteiger partial charge in [0.15, 0.2) is 5.96 Å². The van der Waals surface area contributed by atoms with Crippen molar-refractivity contribution >= 4 is 11.9 Å². The van der Waals surface area contributed by atoms with Crippen molar-refractivity contribution in [2.45, 2.75) is 226 Å². The van der Waals surface area contributed by atoms with Gasteiger partial charge in [-0.15, -0.1) is 0 Å². The van der Waals surface area contributed by atoms with Crippen LogP contribution in [0.1, 0.15) is 226 Å². The highest BCUT2D eigenvalue weighted by Gasteiger charge is 2.13. The van der Waals surface area contributed by atoms with Gasteiger partial charge in [-0.25, -0.2) is 0 Å². The van der Waals surface area contributed by atoms with Crippen LogP contribution in [0, 0.1) is 5.41 Å². The summed E-state index contributed by atoms with van der Waals surface area (Å²) in [5.41, 5.74) is 8.94. The minimum Gasteiger partial charge on any atom is -0.481 e. The molecule has 0 aromatic rings. The third-order valence-electron chi connectivity index (χ3n) is 9.23. The first-order chi connectivity index (χ1) is 22.6. The Labute approximate surface area is 302 Å². The molecule has 0 rings (SSSR count). The molecule has 0 aromatic heterocycles. The van der Waals surface area contributed by atoms with Gasteiger partial charge in [0.05, 0.1) is 27.2 Å². The van der Waals surface area contributed by atoms with Crippen LogP contribution in [-0.2, 0) is 4.79 Å². The molecule has 7 nitrogen and oxygen atoms in total. The van der Waals surface area contributed by atoms with Gasteiger partial charge in [-0.1, -0.05) is 194 Å². The van der Waals surface area contributed by atoms with Crippen LogP contribution in [-0.4, -0.2) is 48.7 Å². The predicted molar refractivity (Wildman–Crippen MR) is 215 cm³/mol. The highest BCUT2D eigenvalue weighted by molar-refractivity contribution is 5.71. The smallest absolute Gasteiger partial charge is 0.300 e. The third-order valence-corrected chi connectivity index (χ3v) is 9.23. The molecule has 9 N–H and O–H groups in total. The molecule has 7 heteroatoms. The van der Waals surface area contributed by atoms with Gasteiger partial charge in [0.1, 0.15) is 0 Å². The molecule has 292 valence electrons. The molecule has 0 aromatic carbocycles. The second-order valence-electron chi connectivity index (χ2n) is 15.0. The standard InChI is InChI=1S/C38H80N.C2H4O2.CH5N3.H3N/c1-5-7-9-11-13-15-17-19-21-23-25-27-29-31-33-35-37-39(3,4)38-36-34-32-30-28-26-24-22-20-18-16-14-12-10-8-6-2;1-2(3)4;2-1(3)4;/h5-38H2,1-4H3;1H3,(H,3,4);(H5,2,3,4);1H3/q+1;;;. The molecule has 0 aliphatic carbocycles. The Balaban J connectivity index is -0.000000959. The fraction of sp³-hybridized carbons (Fsp3) is 0.951. The molecule has 0 aliphatic rings. The summed E-state index contributed by atoms with van der Waals surface area (Å²) in [7, 11) is 4.94. The molecule has 0 aliphatic heterocycles. The number of quaternary nitrogens is 1. The highest BCUT2D eigenvalue weighted by Crippen LogP contribution is 2.16. The SMILES string of the molecule is CC(=O)O.CCCCCCCCCCCCCCCCCC[N+](C)(C)CCCCCCCCCCCCCCCCCC.N.N=C(N)N. The number of carboxylic acids is 1. The van der Waals surface area contributed by atoms with E-state index in [1.165, 1.54) is 223 Å². The minimum atomic E-state index is -0.833. The van der Waals surface area contributed by atoms with Crippen molar-refractivity contribution < 1.29 is 14.4 Å². The molecule has 0 spiro atoms. The number of aliphatic carboxylic acids is 1. The van der Waals surface area contributed by atoms with E-state index in [-0.39, 0.29) is 12.1 Å². The Morgan fingerprint density at radius 3 is 0.729 bits per heavy atom. The quantitative estimate of drug-likeness (QED) is 0.0198. The molecule has 0 atom stereocenters. The van der Waals surface area contributed by atoms with E-state index in [0.717, 1.165) is 6.92 Å². The largest absolute Gasteiger partial charge is 0.481 e. The number of carbonyl (C=O) groups is 1. The molecular weight excluding hydrogens is 594 g/mol. The first-order valence-corrected chi connectivity index (χ1v) is 20.7. The summed E-state index contributed by atoms with van der Waals surface area (Å²) in [6, 6.07) is 0. The topological polar surface area (TPSA) is 148 Å². The van der Waals surface area contributed by atoms with Crippen LogP contribution in [0.25, 0.3) is 0 Å². The van der Waals surface area contributed by atoms with Crippen molar-refractivity contribution in [1.29, 1.82) is 5.41 Å². The van der Waals surface area contributed by atoms with Crippen molar-refractivity contribution in [2.24, 2.45) is 11.5 Å². The molecule has 48 heavy (non-hydrogen) atoms. The molecule has 0 amide bonds. The van der Waals surface area contributed by atoms with Gasteiger partial charge >= 0.3 is 0 Å². The summed E-state index contributed by atoms with van der Waals surface area (Å²) in [6.45, 7) is 8.47. The van der Waals surface area contributed by atoms with E-state index in [4.69, 9.17) is 15.3 Å². The van der Waals surface area contributed by atoms with Crippen molar-refractivity contribution in [3.63, 3.8) is 0 Å². The Morgan fingerprint density at radius 2 is 0.583 bits per heavy atom. The Bertz CT molecular complexity index is 558. The highest BCUT2D eigenvalue weighted by atomic mass is 16.4. The van der Waals surface area contributed by atoms with Crippen LogP contribution in [0.2, 0.25) is 0 Å². The van der Waals surface area contributed by atoms with E-state index in [0.29, 0.717) is 0 Å². The molecule has 0 unspecified atom stereocenters. The maximum absolute atomic E-state index is 9.00. The summed E-state index contributed by atoms with van der Waals surface area (Å²) < 4.78 is 1.25. The average Bonchev–Trinajstić information content (AvgIpc) is 3.00. The summed E-state index contributed by atoms with van der Waals surface area (Å²) in [6.07, 6.45) is 46.9. The fourth-order valence-electron chi connectivity index (χ4n) is 6.29. The monoisotopic (exact) mass is 687 g/mol. The van der Waals surface area contributed by atoms with Crippen molar-refractivity contribution in [3.05, 3.63) is 0 Å². The number of hydrogen-bond acceptors (Lipinski definition) is 3. The number of nitrogens with one attached hydrogen (secondary N) is 1. The number of unbranched alkanes of at least 4 members (excludes halogenated alkanes) is 30. The van der Waals surface area contributed by atoms with Crippen molar-refractivity contribution in [3.8, 4) is 0 Å². The molecule has 0 bridgehead atoms. The van der Waals surface area contributed by atoms with Gasteiger partial charge in [0.25, 0.3) is 5.97 Å². The summed E-state index contributed by atoms with van der Waals surface area (Å²) in [5.74, 6) is -1.17.